The summed E-state index contributed by atoms with van der Waals surface area (Å²) < 4.78 is 8.35. The van der Waals surface area contributed by atoms with Crippen molar-refractivity contribution >= 4 is 21.7 Å². The summed E-state index contributed by atoms with van der Waals surface area (Å²) >= 11 is 3.37. The Bertz CT molecular complexity index is 453. The van der Waals surface area contributed by atoms with Gasteiger partial charge in [0.2, 0.25) is 0 Å². The van der Waals surface area contributed by atoms with Gasteiger partial charge < -0.3 is 10.5 Å². The van der Waals surface area contributed by atoms with Crippen molar-refractivity contribution in [2.45, 2.75) is 6.54 Å². The molecule has 2 N–H and O–H groups in total. The Morgan fingerprint density at radius 1 is 1.25 bits per heavy atom. The molecule has 0 unspecified atom stereocenters. The van der Waals surface area contributed by atoms with E-state index in [1.54, 1.807) is 10.7 Å². The Morgan fingerprint density at radius 3 is 2.62 bits per heavy atom. The molecule has 0 atom stereocenters. The predicted molar refractivity (Wildman–Crippen MR) is 66.3 cm³/mol. The van der Waals surface area contributed by atoms with E-state index in [4.69, 9.17) is 10.5 Å². The van der Waals surface area contributed by atoms with E-state index in [1.807, 2.05) is 30.5 Å². The molecular formula is C11H12BrN3O. The quantitative estimate of drug-likeness (QED) is 0.936. The molecule has 1 heterocycles. The van der Waals surface area contributed by atoms with Crippen LogP contribution < -0.4 is 10.5 Å². The van der Waals surface area contributed by atoms with Gasteiger partial charge in [0.1, 0.15) is 18.2 Å². The van der Waals surface area contributed by atoms with Crippen molar-refractivity contribution in [3.8, 4) is 5.75 Å². The highest BCUT2D eigenvalue weighted by molar-refractivity contribution is 9.10. The lowest BCUT2D eigenvalue weighted by Gasteiger charge is -2.06. The number of benzene rings is 1. The Morgan fingerprint density at radius 2 is 2.00 bits per heavy atom. The highest BCUT2D eigenvalue weighted by Crippen LogP contribution is 2.15. The first-order valence-corrected chi connectivity index (χ1v) is 5.70. The highest BCUT2D eigenvalue weighted by Gasteiger charge is 1.96. The molecule has 1 aromatic heterocycles. The summed E-state index contributed by atoms with van der Waals surface area (Å²) in [6, 6.07) is 9.49. The van der Waals surface area contributed by atoms with Crippen molar-refractivity contribution in [2.75, 3.05) is 12.3 Å². The van der Waals surface area contributed by atoms with Crippen LogP contribution in [0, 0.1) is 0 Å². The summed E-state index contributed by atoms with van der Waals surface area (Å²) in [6.45, 7) is 1.26. The van der Waals surface area contributed by atoms with Gasteiger partial charge in [-0.3, -0.25) is 4.68 Å². The van der Waals surface area contributed by atoms with Crippen molar-refractivity contribution in [3.63, 3.8) is 0 Å². The number of hydrogen-bond donors (Lipinski definition) is 1. The zero-order valence-corrected chi connectivity index (χ0v) is 10.2. The fourth-order valence-corrected chi connectivity index (χ4v) is 1.55. The topological polar surface area (TPSA) is 53.1 Å². The van der Waals surface area contributed by atoms with Gasteiger partial charge in [-0.05, 0) is 30.3 Å². The maximum absolute atomic E-state index is 5.55. The van der Waals surface area contributed by atoms with Crippen molar-refractivity contribution in [3.05, 3.63) is 41.0 Å². The molecule has 0 aliphatic heterocycles. The van der Waals surface area contributed by atoms with E-state index in [1.165, 1.54) is 0 Å². The average molecular weight is 282 g/mol. The Balaban J connectivity index is 1.82. The first-order chi connectivity index (χ1) is 7.74. The third-order valence-corrected chi connectivity index (χ3v) is 2.59. The second kappa shape index (κ2) is 5.03. The van der Waals surface area contributed by atoms with Crippen LogP contribution in [0.4, 0.5) is 5.82 Å². The molecule has 0 fully saturated rings. The van der Waals surface area contributed by atoms with E-state index in [0.717, 1.165) is 10.2 Å². The smallest absolute Gasteiger partial charge is 0.145 e. The molecule has 0 radical (unpaired) electrons. The molecule has 0 aliphatic rings. The molecule has 0 saturated carbocycles. The number of halogens is 1. The molecular weight excluding hydrogens is 270 g/mol. The fourth-order valence-electron chi connectivity index (χ4n) is 1.29. The third-order valence-electron chi connectivity index (χ3n) is 2.06. The molecule has 5 heteroatoms. The molecule has 0 aliphatic carbocycles. The highest BCUT2D eigenvalue weighted by atomic mass is 79.9. The first kappa shape index (κ1) is 11.0. The van der Waals surface area contributed by atoms with E-state index < -0.39 is 0 Å². The average Bonchev–Trinajstić information content (AvgIpc) is 2.67. The van der Waals surface area contributed by atoms with E-state index in [0.29, 0.717) is 19.0 Å². The molecule has 0 spiro atoms. The van der Waals surface area contributed by atoms with Crippen LogP contribution in [0.2, 0.25) is 0 Å². The zero-order valence-electron chi connectivity index (χ0n) is 8.64. The molecule has 4 nitrogen and oxygen atoms in total. The molecule has 0 amide bonds. The number of nitrogens with zero attached hydrogens (tertiary/aromatic N) is 2. The van der Waals surface area contributed by atoms with E-state index in [-0.39, 0.29) is 0 Å². The predicted octanol–water partition coefficient (Wildman–Crippen LogP) is 2.31. The van der Waals surface area contributed by atoms with Gasteiger partial charge in [0.25, 0.3) is 0 Å². The number of anilines is 1. The zero-order chi connectivity index (χ0) is 11.4. The molecule has 16 heavy (non-hydrogen) atoms. The molecule has 2 rings (SSSR count). The molecule has 0 saturated heterocycles. The SMILES string of the molecule is Nc1ccn(CCOc2ccc(Br)cc2)n1. The number of rotatable bonds is 4. The van der Waals surface area contributed by atoms with Crippen LogP contribution in [0.1, 0.15) is 0 Å². The van der Waals surface area contributed by atoms with Gasteiger partial charge in [-0.25, -0.2) is 0 Å². The normalized spacial score (nSPS) is 10.3. The van der Waals surface area contributed by atoms with Gasteiger partial charge in [0, 0.05) is 10.7 Å². The van der Waals surface area contributed by atoms with Crippen molar-refractivity contribution in [1.82, 2.24) is 9.78 Å². The van der Waals surface area contributed by atoms with Crippen LogP contribution in [0.15, 0.2) is 41.0 Å². The first-order valence-electron chi connectivity index (χ1n) is 4.91. The lowest BCUT2D eigenvalue weighted by Crippen LogP contribution is -2.08. The standard InChI is InChI=1S/C11H12BrN3O/c12-9-1-3-10(4-2-9)16-8-7-15-6-5-11(13)14-15/h1-6H,7-8H2,(H2,13,14). The summed E-state index contributed by atoms with van der Waals surface area (Å²) in [4.78, 5) is 0. The van der Waals surface area contributed by atoms with Crippen LogP contribution in [0.5, 0.6) is 5.75 Å². The van der Waals surface area contributed by atoms with Crippen LogP contribution >= 0.6 is 15.9 Å². The van der Waals surface area contributed by atoms with E-state index in [2.05, 4.69) is 21.0 Å². The number of hydrogen-bond acceptors (Lipinski definition) is 3. The Kier molecular flexibility index (Phi) is 3.46. The van der Waals surface area contributed by atoms with Crippen LogP contribution in [0.25, 0.3) is 0 Å². The number of aromatic nitrogens is 2. The minimum absolute atomic E-state index is 0.531. The lowest BCUT2D eigenvalue weighted by atomic mass is 10.3. The molecule has 1 aromatic carbocycles. The monoisotopic (exact) mass is 281 g/mol. The number of nitrogen functional groups attached to an aromatic ring is 1. The summed E-state index contributed by atoms with van der Waals surface area (Å²) in [5.74, 6) is 1.38. The van der Waals surface area contributed by atoms with Gasteiger partial charge in [0.15, 0.2) is 0 Å². The maximum Gasteiger partial charge on any atom is 0.145 e. The summed E-state index contributed by atoms with van der Waals surface area (Å²) in [5, 5.41) is 4.06. The second-order valence-electron chi connectivity index (χ2n) is 3.31. The molecule has 0 bridgehead atoms. The summed E-state index contributed by atoms with van der Waals surface area (Å²) in [6.07, 6.45) is 1.83. The van der Waals surface area contributed by atoms with Crippen LogP contribution in [-0.2, 0) is 6.54 Å². The van der Waals surface area contributed by atoms with Gasteiger partial charge in [0.05, 0.1) is 6.54 Å². The van der Waals surface area contributed by atoms with Gasteiger partial charge in [-0.2, -0.15) is 5.10 Å². The maximum atomic E-state index is 5.55. The minimum Gasteiger partial charge on any atom is -0.492 e. The largest absolute Gasteiger partial charge is 0.492 e. The summed E-state index contributed by atoms with van der Waals surface area (Å²) in [5.41, 5.74) is 5.50. The van der Waals surface area contributed by atoms with E-state index >= 15 is 0 Å². The molecule has 2 aromatic rings. The second-order valence-corrected chi connectivity index (χ2v) is 4.22. The van der Waals surface area contributed by atoms with Gasteiger partial charge in [-0.1, -0.05) is 15.9 Å². The minimum atomic E-state index is 0.531. The lowest BCUT2D eigenvalue weighted by molar-refractivity contribution is 0.291. The van der Waals surface area contributed by atoms with Gasteiger partial charge in [-0.15, -0.1) is 0 Å². The van der Waals surface area contributed by atoms with Gasteiger partial charge >= 0.3 is 0 Å². The number of nitrogens with two attached hydrogens (primary N) is 1. The fraction of sp³-hybridized carbons (Fsp3) is 0.182. The van der Waals surface area contributed by atoms with Crippen molar-refractivity contribution < 1.29 is 4.74 Å². The Labute approximate surface area is 102 Å². The van der Waals surface area contributed by atoms with E-state index in [9.17, 15) is 0 Å². The number of ether oxygens (including phenoxy) is 1. The third kappa shape index (κ3) is 3.00. The van der Waals surface area contributed by atoms with Crippen molar-refractivity contribution in [2.24, 2.45) is 0 Å². The van der Waals surface area contributed by atoms with Crippen molar-refractivity contribution in [1.29, 1.82) is 0 Å². The Hall–Kier alpha value is -1.49. The molecule has 84 valence electrons. The van der Waals surface area contributed by atoms with Crippen LogP contribution in [0.3, 0.4) is 0 Å². The van der Waals surface area contributed by atoms with Crippen LogP contribution in [-0.4, -0.2) is 16.4 Å². The summed E-state index contributed by atoms with van der Waals surface area (Å²) in [7, 11) is 0.